The predicted octanol–water partition coefficient (Wildman–Crippen LogP) is 5.75. The maximum atomic E-state index is 5.00. The second-order valence-electron chi connectivity index (χ2n) is 8.69. The van der Waals surface area contributed by atoms with Gasteiger partial charge in [-0.25, -0.2) is 9.98 Å². The maximum absolute atomic E-state index is 5.00. The van der Waals surface area contributed by atoms with E-state index < -0.39 is 0 Å². The van der Waals surface area contributed by atoms with Crippen molar-refractivity contribution in [2.45, 2.75) is 19.0 Å². The second-order valence-corrected chi connectivity index (χ2v) is 8.69. The van der Waals surface area contributed by atoms with Crippen molar-refractivity contribution < 1.29 is 0 Å². The Labute approximate surface area is 205 Å². The van der Waals surface area contributed by atoms with Gasteiger partial charge in [0.2, 0.25) is 0 Å². The number of aliphatic imine (C=N–C) groups is 4. The van der Waals surface area contributed by atoms with Crippen LogP contribution in [0.25, 0.3) is 5.57 Å². The summed E-state index contributed by atoms with van der Waals surface area (Å²) in [5, 5.41) is 3.59. The van der Waals surface area contributed by atoms with Gasteiger partial charge in [-0.15, -0.1) is 0 Å². The standard InChI is InChI=1S/C30H25N5/c1-3-9-21(10-4-1)28-33-29(22-11-5-2-6-12-22)35-30(34-28)26-18-24(23-14-16-31-20-23)17-25(19-26)27-13-7-8-15-32-27/h1-6,8-12,14-15,17-20,28H,7,13,16H2,(H,33,34,35). The van der Waals surface area contributed by atoms with Crippen molar-refractivity contribution in [3.63, 3.8) is 0 Å². The van der Waals surface area contributed by atoms with Crippen LogP contribution in [0.4, 0.5) is 0 Å². The lowest BCUT2D eigenvalue weighted by Crippen LogP contribution is -2.33. The monoisotopic (exact) mass is 455 g/mol. The summed E-state index contributed by atoms with van der Waals surface area (Å²) in [4.78, 5) is 19.0. The highest BCUT2D eigenvalue weighted by atomic mass is 15.2. The normalized spacial score (nSPS) is 18.9. The Morgan fingerprint density at radius 2 is 1.57 bits per heavy atom. The molecular formula is C30H25N5. The third-order valence-corrected chi connectivity index (χ3v) is 6.29. The van der Waals surface area contributed by atoms with Crippen molar-refractivity contribution >= 4 is 29.2 Å². The van der Waals surface area contributed by atoms with E-state index in [1.807, 2.05) is 48.8 Å². The molecule has 170 valence electrons. The fourth-order valence-electron chi connectivity index (χ4n) is 4.48. The van der Waals surface area contributed by atoms with Gasteiger partial charge in [0.15, 0.2) is 5.84 Å². The summed E-state index contributed by atoms with van der Waals surface area (Å²) in [7, 11) is 0. The van der Waals surface area contributed by atoms with Gasteiger partial charge in [-0.3, -0.25) is 9.98 Å². The van der Waals surface area contributed by atoms with Gasteiger partial charge in [0.25, 0.3) is 0 Å². The molecule has 1 N–H and O–H groups in total. The Bertz CT molecular complexity index is 1430. The first-order chi connectivity index (χ1) is 17.3. The lowest BCUT2D eigenvalue weighted by molar-refractivity contribution is 0.674. The number of amidine groups is 2. The Morgan fingerprint density at radius 3 is 2.31 bits per heavy atom. The van der Waals surface area contributed by atoms with Crippen LogP contribution in [0.15, 0.2) is 117 Å². The minimum absolute atomic E-state index is 0.228. The molecule has 3 aliphatic rings. The fraction of sp³-hybridized carbons (Fsp3) is 0.133. The van der Waals surface area contributed by atoms with Gasteiger partial charge >= 0.3 is 0 Å². The van der Waals surface area contributed by atoms with Crippen LogP contribution < -0.4 is 5.32 Å². The molecule has 6 rings (SSSR count). The molecule has 0 saturated heterocycles. The van der Waals surface area contributed by atoms with Gasteiger partial charge < -0.3 is 5.32 Å². The molecule has 0 amide bonds. The quantitative estimate of drug-likeness (QED) is 0.523. The number of hydrogen-bond acceptors (Lipinski definition) is 5. The summed E-state index contributed by atoms with van der Waals surface area (Å²) in [6.45, 7) is 0.721. The average Bonchev–Trinajstić information content (AvgIpc) is 3.49. The van der Waals surface area contributed by atoms with Gasteiger partial charge in [-0.1, -0.05) is 72.8 Å². The van der Waals surface area contributed by atoms with Crippen LogP contribution in [-0.4, -0.2) is 30.1 Å². The van der Waals surface area contributed by atoms with E-state index in [2.05, 4.69) is 69.9 Å². The van der Waals surface area contributed by atoms with E-state index in [-0.39, 0.29) is 6.17 Å². The van der Waals surface area contributed by atoms with E-state index in [4.69, 9.17) is 9.98 Å². The first-order valence-corrected chi connectivity index (χ1v) is 11.9. The lowest BCUT2D eigenvalue weighted by atomic mass is 9.95. The molecule has 5 heteroatoms. The molecule has 0 aliphatic carbocycles. The Kier molecular flexibility index (Phi) is 5.73. The predicted molar refractivity (Wildman–Crippen MR) is 145 cm³/mol. The Balaban J connectivity index is 1.48. The van der Waals surface area contributed by atoms with E-state index in [9.17, 15) is 0 Å². The summed E-state index contributed by atoms with van der Waals surface area (Å²) in [5.74, 6) is 1.53. The number of allylic oxidation sites excluding steroid dienone is 2. The Morgan fingerprint density at radius 1 is 0.800 bits per heavy atom. The van der Waals surface area contributed by atoms with Crippen molar-refractivity contribution in [3.05, 3.63) is 125 Å². The highest BCUT2D eigenvalue weighted by Crippen LogP contribution is 2.26. The molecule has 0 radical (unpaired) electrons. The molecule has 0 spiro atoms. The van der Waals surface area contributed by atoms with Crippen LogP contribution in [0, 0.1) is 0 Å². The van der Waals surface area contributed by atoms with Crippen LogP contribution in [0.5, 0.6) is 0 Å². The van der Waals surface area contributed by atoms with Crippen molar-refractivity contribution in [2.75, 3.05) is 6.54 Å². The highest BCUT2D eigenvalue weighted by molar-refractivity contribution is 6.16. The van der Waals surface area contributed by atoms with Crippen molar-refractivity contribution in [2.24, 2.45) is 20.0 Å². The maximum Gasteiger partial charge on any atom is 0.159 e. The highest BCUT2D eigenvalue weighted by Gasteiger charge is 2.22. The zero-order valence-electron chi connectivity index (χ0n) is 19.3. The van der Waals surface area contributed by atoms with Gasteiger partial charge in [-0.05, 0) is 53.3 Å². The second kappa shape index (κ2) is 9.47. The van der Waals surface area contributed by atoms with Crippen LogP contribution in [0.3, 0.4) is 0 Å². The van der Waals surface area contributed by atoms with Crippen LogP contribution >= 0.6 is 0 Å². The molecule has 1 unspecified atom stereocenters. The Hall–Kier alpha value is -4.38. The van der Waals surface area contributed by atoms with E-state index in [1.54, 1.807) is 0 Å². The summed E-state index contributed by atoms with van der Waals surface area (Å²) in [5.41, 5.74) is 7.58. The molecule has 0 aromatic heterocycles. The van der Waals surface area contributed by atoms with Crippen LogP contribution in [-0.2, 0) is 0 Å². The molecule has 5 nitrogen and oxygen atoms in total. The molecule has 3 heterocycles. The molecule has 0 saturated carbocycles. The number of nitrogens with one attached hydrogen (secondary N) is 1. The topological polar surface area (TPSA) is 61.5 Å². The van der Waals surface area contributed by atoms with Crippen LogP contribution in [0.1, 0.15) is 46.8 Å². The molecule has 0 fully saturated rings. The third-order valence-electron chi connectivity index (χ3n) is 6.29. The lowest BCUT2D eigenvalue weighted by Gasteiger charge is -2.24. The first kappa shape index (κ1) is 21.2. The number of rotatable bonds is 5. The number of hydrogen-bond donors (Lipinski definition) is 1. The molecule has 3 aromatic carbocycles. The van der Waals surface area contributed by atoms with Gasteiger partial charge in [0.1, 0.15) is 12.0 Å². The third kappa shape index (κ3) is 4.53. The van der Waals surface area contributed by atoms with Crippen LogP contribution in [0.2, 0.25) is 0 Å². The zero-order valence-corrected chi connectivity index (χ0v) is 19.3. The van der Waals surface area contributed by atoms with E-state index in [1.165, 1.54) is 0 Å². The molecule has 3 aromatic rings. The summed E-state index contributed by atoms with van der Waals surface area (Å²) < 4.78 is 0. The fourth-order valence-corrected chi connectivity index (χ4v) is 4.48. The minimum atomic E-state index is -0.228. The van der Waals surface area contributed by atoms with Crippen molar-refractivity contribution in [1.82, 2.24) is 5.32 Å². The molecule has 0 bridgehead atoms. The SMILES string of the molecule is C1=CN=C(c2cc(C3=CCN=C3)cc(C3=NC(c4ccccc4)=NC(c4ccccc4)N3)c2)CC1. The molecule has 1 atom stereocenters. The van der Waals surface area contributed by atoms with Gasteiger partial charge in [-0.2, -0.15) is 0 Å². The van der Waals surface area contributed by atoms with Crippen molar-refractivity contribution in [3.8, 4) is 0 Å². The molecular weight excluding hydrogens is 430 g/mol. The van der Waals surface area contributed by atoms with E-state index in [0.717, 1.165) is 70.2 Å². The molecule has 35 heavy (non-hydrogen) atoms. The first-order valence-electron chi connectivity index (χ1n) is 11.9. The number of benzene rings is 3. The van der Waals surface area contributed by atoms with E-state index in [0.29, 0.717) is 0 Å². The summed E-state index contributed by atoms with van der Waals surface area (Å²) >= 11 is 0. The van der Waals surface area contributed by atoms with Gasteiger partial charge in [0, 0.05) is 29.3 Å². The van der Waals surface area contributed by atoms with E-state index >= 15 is 0 Å². The minimum Gasteiger partial charge on any atom is -0.344 e. The summed E-state index contributed by atoms with van der Waals surface area (Å²) in [6.07, 6.45) is 9.83. The smallest absolute Gasteiger partial charge is 0.159 e. The largest absolute Gasteiger partial charge is 0.344 e. The summed E-state index contributed by atoms with van der Waals surface area (Å²) in [6, 6.07) is 27.0. The van der Waals surface area contributed by atoms with Crippen molar-refractivity contribution in [1.29, 1.82) is 0 Å². The van der Waals surface area contributed by atoms with Gasteiger partial charge in [0.05, 0.1) is 6.54 Å². The zero-order chi connectivity index (χ0) is 23.5. The molecule has 3 aliphatic heterocycles. The number of nitrogens with zero attached hydrogens (tertiary/aromatic N) is 4. The average molecular weight is 456 g/mol.